The summed E-state index contributed by atoms with van der Waals surface area (Å²) in [6.45, 7) is 14.2. The zero-order chi connectivity index (χ0) is 67.5. The standard InChI is InChI=1S/C72H140O17P2/c1-9-63(6)49-41-33-25-19-16-17-21-29-39-47-55-72(77)89-68(59-83-70(75)53-45-37-31-30-35-43-51-65(8)11-3)61-87-91(80,81)85-57-66(73)56-84-90(78,79)86-60-67(58-82-69(74)52-44-36-27-23-22-26-34-42-50-64(7)10-2)88-71(76)54-46-38-28-20-15-13-12-14-18-24-32-40-48-62(4)5/h62-68,73H,9-61H2,1-8H3,(H,78,79)(H,80,81)/t63?,64?,65?,66-,67-,68-/m1/s1. The van der Waals surface area contributed by atoms with Crippen molar-refractivity contribution in [1.82, 2.24) is 0 Å². The number of hydrogen-bond acceptors (Lipinski definition) is 15. The quantitative estimate of drug-likeness (QED) is 0.0222. The molecule has 3 N–H and O–H groups in total. The normalized spacial score (nSPS) is 15.1. The second kappa shape index (κ2) is 61.6. The maximum Gasteiger partial charge on any atom is 0.472 e. The van der Waals surface area contributed by atoms with Crippen LogP contribution in [-0.4, -0.2) is 96.7 Å². The first-order valence-electron chi connectivity index (χ1n) is 37.3. The van der Waals surface area contributed by atoms with Crippen LogP contribution in [0.25, 0.3) is 0 Å². The molecule has 540 valence electrons. The molecule has 17 nitrogen and oxygen atoms in total. The summed E-state index contributed by atoms with van der Waals surface area (Å²) in [5.74, 6) is 0.961. The minimum absolute atomic E-state index is 0.105. The molecule has 0 aromatic rings. The summed E-state index contributed by atoms with van der Waals surface area (Å²) >= 11 is 0. The van der Waals surface area contributed by atoms with Crippen molar-refractivity contribution in [3.8, 4) is 0 Å². The average Bonchev–Trinajstić information content (AvgIpc) is 3.01. The number of rotatable bonds is 69. The fraction of sp³-hybridized carbons (Fsp3) is 0.944. The number of hydrogen-bond donors (Lipinski definition) is 3. The van der Waals surface area contributed by atoms with Gasteiger partial charge in [0, 0.05) is 25.7 Å². The molecule has 0 radical (unpaired) electrons. The van der Waals surface area contributed by atoms with E-state index in [4.69, 9.17) is 37.0 Å². The minimum Gasteiger partial charge on any atom is -0.462 e. The van der Waals surface area contributed by atoms with Crippen LogP contribution >= 0.6 is 15.6 Å². The largest absolute Gasteiger partial charge is 0.472 e. The first-order chi connectivity index (χ1) is 43.7. The number of aliphatic hydroxyl groups excluding tert-OH is 1. The third kappa shape index (κ3) is 62.6. The molecular weight excluding hydrogens is 1200 g/mol. The van der Waals surface area contributed by atoms with Gasteiger partial charge in [0.05, 0.1) is 26.4 Å². The highest BCUT2D eigenvalue weighted by atomic mass is 31.2. The van der Waals surface area contributed by atoms with Crippen molar-refractivity contribution < 1.29 is 80.2 Å². The monoisotopic (exact) mass is 1340 g/mol. The molecular formula is C72H140O17P2. The Morgan fingerprint density at radius 3 is 0.780 bits per heavy atom. The van der Waals surface area contributed by atoms with Crippen molar-refractivity contribution in [1.29, 1.82) is 0 Å². The van der Waals surface area contributed by atoms with Crippen molar-refractivity contribution >= 4 is 39.5 Å². The molecule has 0 rings (SSSR count). The minimum atomic E-state index is -4.95. The van der Waals surface area contributed by atoms with Gasteiger partial charge in [0.2, 0.25) is 0 Å². The Kier molecular flexibility index (Phi) is 60.3. The molecule has 0 bridgehead atoms. The maximum absolute atomic E-state index is 13.0. The van der Waals surface area contributed by atoms with E-state index in [1.165, 1.54) is 154 Å². The molecule has 19 heteroatoms. The van der Waals surface area contributed by atoms with E-state index in [2.05, 4.69) is 55.4 Å². The fourth-order valence-corrected chi connectivity index (χ4v) is 12.3. The van der Waals surface area contributed by atoms with Gasteiger partial charge in [-0.3, -0.25) is 37.3 Å². The van der Waals surface area contributed by atoms with E-state index in [0.717, 1.165) is 120 Å². The van der Waals surface area contributed by atoms with Gasteiger partial charge in [0.15, 0.2) is 12.2 Å². The van der Waals surface area contributed by atoms with Crippen molar-refractivity contribution in [3.63, 3.8) is 0 Å². The molecule has 0 aliphatic rings. The Morgan fingerprint density at radius 2 is 0.527 bits per heavy atom. The number of aliphatic hydroxyl groups is 1. The van der Waals surface area contributed by atoms with Crippen LogP contribution in [0.4, 0.5) is 0 Å². The summed E-state index contributed by atoms with van der Waals surface area (Å²) in [7, 11) is -9.91. The lowest BCUT2D eigenvalue weighted by atomic mass is 9.99. The first kappa shape index (κ1) is 89.1. The predicted octanol–water partition coefficient (Wildman–Crippen LogP) is 20.5. The number of ether oxygens (including phenoxy) is 4. The highest BCUT2D eigenvalue weighted by molar-refractivity contribution is 7.47. The fourth-order valence-electron chi connectivity index (χ4n) is 10.7. The van der Waals surface area contributed by atoms with Gasteiger partial charge in [0.1, 0.15) is 19.3 Å². The number of carbonyl (C=O) groups is 4. The van der Waals surface area contributed by atoms with E-state index in [-0.39, 0.29) is 25.7 Å². The van der Waals surface area contributed by atoms with Crippen LogP contribution in [0.3, 0.4) is 0 Å². The van der Waals surface area contributed by atoms with Gasteiger partial charge in [-0.1, -0.05) is 306 Å². The molecule has 0 aliphatic heterocycles. The van der Waals surface area contributed by atoms with Crippen LogP contribution in [0.1, 0.15) is 357 Å². The molecule has 0 heterocycles. The summed E-state index contributed by atoms with van der Waals surface area (Å²) in [5, 5.41) is 10.6. The van der Waals surface area contributed by atoms with Gasteiger partial charge >= 0.3 is 39.5 Å². The highest BCUT2D eigenvalue weighted by Crippen LogP contribution is 2.45. The van der Waals surface area contributed by atoms with Crippen LogP contribution in [0, 0.1) is 23.7 Å². The Bertz CT molecular complexity index is 1800. The Balaban J connectivity index is 5.27. The van der Waals surface area contributed by atoms with E-state index in [0.29, 0.717) is 25.7 Å². The molecule has 0 aromatic carbocycles. The summed E-state index contributed by atoms with van der Waals surface area (Å²) in [6, 6.07) is 0. The lowest BCUT2D eigenvalue weighted by Crippen LogP contribution is -2.30. The SMILES string of the molecule is CCC(C)CCCCCCCCCCCCC(=O)O[C@H](COC(=O)CCCCCCCCC(C)CC)COP(=O)(O)OC[C@H](O)COP(=O)(O)OC[C@@H](COC(=O)CCCCCCCCCCC(C)CC)OC(=O)CCCCCCCCCCCCCCC(C)C. The third-order valence-electron chi connectivity index (χ3n) is 17.7. The number of esters is 4. The van der Waals surface area contributed by atoms with Crippen LogP contribution in [0.5, 0.6) is 0 Å². The van der Waals surface area contributed by atoms with Crippen molar-refractivity contribution in [2.24, 2.45) is 23.7 Å². The molecule has 0 saturated carbocycles. The molecule has 0 saturated heterocycles. The molecule has 0 amide bonds. The van der Waals surface area contributed by atoms with Crippen molar-refractivity contribution in [3.05, 3.63) is 0 Å². The second-order valence-electron chi connectivity index (χ2n) is 27.2. The molecule has 0 aliphatic carbocycles. The van der Waals surface area contributed by atoms with Gasteiger partial charge in [-0.15, -0.1) is 0 Å². The summed E-state index contributed by atoms with van der Waals surface area (Å²) in [6.07, 6.45) is 44.3. The van der Waals surface area contributed by atoms with Crippen LogP contribution in [-0.2, 0) is 65.4 Å². The number of phosphoric acid groups is 2. The zero-order valence-electron chi connectivity index (χ0n) is 59.5. The topological polar surface area (TPSA) is 237 Å². The van der Waals surface area contributed by atoms with Crippen LogP contribution < -0.4 is 0 Å². The lowest BCUT2D eigenvalue weighted by Gasteiger charge is -2.21. The van der Waals surface area contributed by atoms with E-state index in [9.17, 15) is 43.2 Å². The highest BCUT2D eigenvalue weighted by Gasteiger charge is 2.30. The molecule has 0 fully saturated rings. The van der Waals surface area contributed by atoms with Gasteiger partial charge in [-0.2, -0.15) is 0 Å². The third-order valence-corrected chi connectivity index (χ3v) is 19.6. The predicted molar refractivity (Wildman–Crippen MR) is 367 cm³/mol. The molecule has 8 atom stereocenters. The number of carbonyl (C=O) groups excluding carboxylic acids is 4. The molecule has 5 unspecified atom stereocenters. The Morgan fingerprint density at radius 1 is 0.308 bits per heavy atom. The number of unbranched alkanes of at least 4 members (excludes halogenated alkanes) is 32. The van der Waals surface area contributed by atoms with E-state index in [1.807, 2.05) is 0 Å². The van der Waals surface area contributed by atoms with Gasteiger partial charge < -0.3 is 33.8 Å². The number of phosphoric ester groups is 2. The van der Waals surface area contributed by atoms with Gasteiger partial charge in [-0.25, -0.2) is 9.13 Å². The Hall–Kier alpha value is -1.94. The van der Waals surface area contributed by atoms with Crippen LogP contribution in [0.15, 0.2) is 0 Å². The van der Waals surface area contributed by atoms with Gasteiger partial charge in [-0.05, 0) is 49.4 Å². The first-order valence-corrected chi connectivity index (χ1v) is 40.3. The summed E-state index contributed by atoms with van der Waals surface area (Å²) < 4.78 is 68.4. The smallest absolute Gasteiger partial charge is 0.462 e. The maximum atomic E-state index is 13.0. The molecule has 91 heavy (non-hydrogen) atoms. The average molecular weight is 1340 g/mol. The molecule has 0 spiro atoms. The summed E-state index contributed by atoms with van der Waals surface area (Å²) in [4.78, 5) is 72.7. The van der Waals surface area contributed by atoms with Gasteiger partial charge in [0.25, 0.3) is 0 Å². The van der Waals surface area contributed by atoms with E-state index >= 15 is 0 Å². The molecule has 0 aromatic heterocycles. The van der Waals surface area contributed by atoms with Crippen LogP contribution in [0.2, 0.25) is 0 Å². The zero-order valence-corrected chi connectivity index (χ0v) is 61.3. The Labute approximate surface area is 556 Å². The second-order valence-corrected chi connectivity index (χ2v) is 30.1. The van der Waals surface area contributed by atoms with E-state index in [1.54, 1.807) is 0 Å². The van der Waals surface area contributed by atoms with E-state index < -0.39 is 97.5 Å². The van der Waals surface area contributed by atoms with Crippen molar-refractivity contribution in [2.75, 3.05) is 39.6 Å². The lowest BCUT2D eigenvalue weighted by molar-refractivity contribution is -0.161. The van der Waals surface area contributed by atoms with Crippen molar-refractivity contribution in [2.45, 2.75) is 375 Å². The summed E-state index contributed by atoms with van der Waals surface area (Å²) in [5.41, 5.74) is 0.